The molecule has 0 aliphatic rings. The smallest absolute Gasteiger partial charge is 0.244 e. The van der Waals surface area contributed by atoms with Gasteiger partial charge >= 0.3 is 0 Å². The van der Waals surface area contributed by atoms with E-state index in [1.54, 1.807) is 13.8 Å². The normalized spacial score (nSPS) is 12.8. The fourth-order valence-electron chi connectivity index (χ4n) is 1.15. The molecule has 3 N–H and O–H groups in total. The SMILES string of the molecule is CC(C)(CN)NS(=O)(=O)c1cccc(Cl)c1F. The van der Waals surface area contributed by atoms with Crippen LogP contribution in [0.4, 0.5) is 4.39 Å². The van der Waals surface area contributed by atoms with E-state index in [1.165, 1.54) is 12.1 Å². The van der Waals surface area contributed by atoms with Gasteiger partial charge in [0.1, 0.15) is 4.90 Å². The molecular formula is C10H14ClFN2O2S. The first-order valence-corrected chi connectivity index (χ1v) is 6.74. The fraction of sp³-hybridized carbons (Fsp3) is 0.400. The Bertz CT molecular complexity index is 517. The minimum absolute atomic E-state index is 0.0917. The van der Waals surface area contributed by atoms with Gasteiger partial charge in [0.05, 0.1) is 5.02 Å². The molecule has 0 bridgehead atoms. The van der Waals surface area contributed by atoms with Crippen molar-refractivity contribution in [3.05, 3.63) is 29.0 Å². The van der Waals surface area contributed by atoms with Gasteiger partial charge in [-0.3, -0.25) is 0 Å². The van der Waals surface area contributed by atoms with Gasteiger partial charge in [0.15, 0.2) is 5.82 Å². The third kappa shape index (κ3) is 3.38. The largest absolute Gasteiger partial charge is 0.329 e. The minimum atomic E-state index is -3.97. The minimum Gasteiger partial charge on any atom is -0.329 e. The van der Waals surface area contributed by atoms with Crippen LogP contribution in [-0.2, 0) is 10.0 Å². The second kappa shape index (κ2) is 4.89. The van der Waals surface area contributed by atoms with Gasteiger partial charge in [-0.1, -0.05) is 17.7 Å². The third-order valence-electron chi connectivity index (χ3n) is 2.13. The van der Waals surface area contributed by atoms with Crippen LogP contribution in [0.1, 0.15) is 13.8 Å². The number of rotatable bonds is 4. The van der Waals surface area contributed by atoms with Gasteiger partial charge in [-0.25, -0.2) is 17.5 Å². The molecule has 1 aromatic carbocycles. The Balaban J connectivity index is 3.19. The van der Waals surface area contributed by atoms with Crippen molar-refractivity contribution in [2.24, 2.45) is 5.73 Å². The first-order valence-electron chi connectivity index (χ1n) is 4.88. The van der Waals surface area contributed by atoms with Crippen molar-refractivity contribution in [3.8, 4) is 0 Å². The molecule has 0 aromatic heterocycles. The predicted molar refractivity (Wildman–Crippen MR) is 64.9 cm³/mol. The molecule has 0 amide bonds. The maximum absolute atomic E-state index is 13.6. The van der Waals surface area contributed by atoms with E-state index in [4.69, 9.17) is 17.3 Å². The average molecular weight is 281 g/mol. The van der Waals surface area contributed by atoms with Gasteiger partial charge in [0.2, 0.25) is 10.0 Å². The monoisotopic (exact) mass is 280 g/mol. The Morgan fingerprint density at radius 1 is 1.47 bits per heavy atom. The molecule has 0 atom stereocenters. The van der Waals surface area contributed by atoms with Crippen LogP contribution in [0.15, 0.2) is 23.1 Å². The van der Waals surface area contributed by atoms with Gasteiger partial charge in [-0.15, -0.1) is 0 Å². The number of hydrogen-bond donors (Lipinski definition) is 2. The molecule has 7 heteroatoms. The molecular weight excluding hydrogens is 267 g/mol. The standard InChI is InChI=1S/C10H14ClFN2O2S/c1-10(2,6-13)14-17(15,16)8-5-3-4-7(11)9(8)12/h3-5,14H,6,13H2,1-2H3. The highest BCUT2D eigenvalue weighted by Gasteiger charge is 2.27. The van der Waals surface area contributed by atoms with Crippen molar-refractivity contribution >= 4 is 21.6 Å². The summed E-state index contributed by atoms with van der Waals surface area (Å²) < 4.78 is 39.7. The van der Waals surface area contributed by atoms with E-state index in [1.807, 2.05) is 0 Å². The van der Waals surface area contributed by atoms with E-state index in [0.29, 0.717) is 0 Å². The van der Waals surface area contributed by atoms with Crippen LogP contribution in [0.25, 0.3) is 0 Å². The third-order valence-corrected chi connectivity index (χ3v) is 4.13. The Morgan fingerprint density at radius 2 is 2.06 bits per heavy atom. The van der Waals surface area contributed by atoms with Crippen LogP contribution in [0.3, 0.4) is 0 Å². The molecule has 0 radical (unpaired) electrons. The van der Waals surface area contributed by atoms with Crippen molar-refractivity contribution < 1.29 is 12.8 Å². The highest BCUT2D eigenvalue weighted by atomic mass is 35.5. The molecule has 0 saturated heterocycles. The number of sulfonamides is 1. The zero-order valence-electron chi connectivity index (χ0n) is 9.50. The highest BCUT2D eigenvalue weighted by molar-refractivity contribution is 7.89. The van der Waals surface area contributed by atoms with Crippen molar-refractivity contribution in [1.82, 2.24) is 4.72 Å². The molecule has 0 heterocycles. The molecule has 0 unspecified atom stereocenters. The van der Waals surface area contributed by atoms with E-state index in [-0.39, 0.29) is 11.6 Å². The Morgan fingerprint density at radius 3 is 2.59 bits per heavy atom. The van der Waals surface area contributed by atoms with Gasteiger partial charge in [-0.2, -0.15) is 0 Å². The van der Waals surface area contributed by atoms with E-state index in [2.05, 4.69) is 4.72 Å². The Hall–Kier alpha value is -0.690. The molecule has 0 aliphatic heterocycles. The van der Waals surface area contributed by atoms with Crippen LogP contribution in [0.5, 0.6) is 0 Å². The van der Waals surface area contributed by atoms with Crippen LogP contribution >= 0.6 is 11.6 Å². The van der Waals surface area contributed by atoms with Crippen LogP contribution in [0, 0.1) is 5.82 Å². The first kappa shape index (κ1) is 14.4. The molecule has 0 fully saturated rings. The molecule has 4 nitrogen and oxygen atoms in total. The lowest BCUT2D eigenvalue weighted by Crippen LogP contribution is -2.48. The summed E-state index contributed by atoms with van der Waals surface area (Å²) >= 11 is 5.53. The predicted octanol–water partition coefficient (Wildman–Crippen LogP) is 1.49. The van der Waals surface area contributed by atoms with E-state index in [9.17, 15) is 12.8 Å². The lowest BCUT2D eigenvalue weighted by molar-refractivity contribution is 0.459. The lowest BCUT2D eigenvalue weighted by atomic mass is 10.1. The summed E-state index contributed by atoms with van der Waals surface area (Å²) in [6.07, 6.45) is 0. The zero-order valence-corrected chi connectivity index (χ0v) is 11.1. The zero-order chi connectivity index (χ0) is 13.3. The maximum atomic E-state index is 13.6. The van der Waals surface area contributed by atoms with Crippen molar-refractivity contribution in [1.29, 1.82) is 0 Å². The maximum Gasteiger partial charge on any atom is 0.244 e. The van der Waals surface area contributed by atoms with E-state index >= 15 is 0 Å². The van der Waals surface area contributed by atoms with Crippen molar-refractivity contribution in [2.45, 2.75) is 24.3 Å². The Labute approximate surface area is 105 Å². The topological polar surface area (TPSA) is 72.2 Å². The van der Waals surface area contributed by atoms with Gasteiger partial charge < -0.3 is 5.73 Å². The number of hydrogen-bond acceptors (Lipinski definition) is 3. The van der Waals surface area contributed by atoms with Crippen molar-refractivity contribution in [2.75, 3.05) is 6.54 Å². The highest BCUT2D eigenvalue weighted by Crippen LogP contribution is 2.22. The summed E-state index contributed by atoms with van der Waals surface area (Å²) in [7, 11) is -3.97. The summed E-state index contributed by atoms with van der Waals surface area (Å²) in [5, 5.41) is -0.238. The van der Waals surface area contributed by atoms with Gasteiger partial charge in [0.25, 0.3) is 0 Å². The molecule has 96 valence electrons. The Kier molecular flexibility index (Phi) is 4.14. The summed E-state index contributed by atoms with van der Waals surface area (Å²) in [4.78, 5) is -0.480. The number of halogens is 2. The molecule has 0 saturated carbocycles. The van der Waals surface area contributed by atoms with E-state index in [0.717, 1.165) is 6.07 Å². The van der Waals surface area contributed by atoms with E-state index < -0.39 is 26.3 Å². The number of nitrogens with one attached hydrogen (secondary N) is 1. The summed E-state index contributed by atoms with van der Waals surface area (Å²) in [6.45, 7) is 3.30. The number of benzene rings is 1. The first-order chi connectivity index (χ1) is 7.69. The summed E-state index contributed by atoms with van der Waals surface area (Å²) in [6, 6.07) is 3.80. The molecule has 1 rings (SSSR count). The fourth-order valence-corrected chi connectivity index (χ4v) is 2.91. The average Bonchev–Trinajstić information content (AvgIpc) is 2.20. The molecule has 0 aliphatic carbocycles. The van der Waals surface area contributed by atoms with Crippen LogP contribution in [-0.4, -0.2) is 20.5 Å². The summed E-state index contributed by atoms with van der Waals surface area (Å²) in [5.41, 5.74) is 4.56. The van der Waals surface area contributed by atoms with Crippen LogP contribution in [0.2, 0.25) is 5.02 Å². The van der Waals surface area contributed by atoms with Crippen LogP contribution < -0.4 is 10.5 Å². The van der Waals surface area contributed by atoms with Gasteiger partial charge in [0, 0.05) is 12.1 Å². The lowest BCUT2D eigenvalue weighted by Gasteiger charge is -2.24. The second-order valence-electron chi connectivity index (χ2n) is 4.25. The number of nitrogens with two attached hydrogens (primary N) is 1. The molecule has 0 spiro atoms. The second-order valence-corrected chi connectivity index (χ2v) is 6.30. The van der Waals surface area contributed by atoms with Gasteiger partial charge in [-0.05, 0) is 26.0 Å². The quantitative estimate of drug-likeness (QED) is 0.878. The summed E-state index contributed by atoms with van der Waals surface area (Å²) in [5.74, 6) is -0.963. The molecule has 17 heavy (non-hydrogen) atoms. The molecule has 1 aromatic rings. The van der Waals surface area contributed by atoms with Crippen molar-refractivity contribution in [3.63, 3.8) is 0 Å².